The summed E-state index contributed by atoms with van der Waals surface area (Å²) in [5.74, 6) is 2.12. The maximum Gasteiger partial charge on any atom is 0.248 e. The highest BCUT2D eigenvalue weighted by Crippen LogP contribution is 2.37. The van der Waals surface area contributed by atoms with E-state index in [2.05, 4.69) is 16.4 Å². The molecule has 0 fully saturated rings. The monoisotopic (exact) mass is 502 g/mol. The number of pyridine rings is 1. The lowest BCUT2D eigenvalue weighted by molar-refractivity contribution is 0.1000. The van der Waals surface area contributed by atoms with Crippen LogP contribution in [0.25, 0.3) is 10.9 Å². The fraction of sp³-hybridized carbons (Fsp3) is 0.148. The first kappa shape index (κ1) is 24.6. The number of benzene rings is 3. The number of nitrogens with two attached hydrogens (primary N) is 1. The van der Waals surface area contributed by atoms with E-state index in [1.165, 1.54) is 6.20 Å². The fourth-order valence-electron chi connectivity index (χ4n) is 3.53. The first-order chi connectivity index (χ1) is 17.5. The van der Waals surface area contributed by atoms with Crippen LogP contribution in [0, 0.1) is 11.3 Å². The maximum atomic E-state index is 11.4. The molecule has 9 heteroatoms. The molecule has 0 bridgehead atoms. The van der Waals surface area contributed by atoms with Gasteiger partial charge in [-0.05, 0) is 55.0 Å². The lowest BCUT2D eigenvalue weighted by Crippen LogP contribution is -2.10. The van der Waals surface area contributed by atoms with E-state index in [-0.39, 0.29) is 0 Å². The number of halogens is 1. The van der Waals surface area contributed by atoms with Gasteiger partial charge in [0.2, 0.25) is 5.91 Å². The summed E-state index contributed by atoms with van der Waals surface area (Å²) in [6.07, 6.45) is 2.22. The first-order valence-corrected chi connectivity index (χ1v) is 11.6. The zero-order chi connectivity index (χ0) is 25.5. The van der Waals surface area contributed by atoms with Crippen molar-refractivity contribution in [2.45, 2.75) is 6.42 Å². The van der Waals surface area contributed by atoms with Crippen molar-refractivity contribution in [3.8, 4) is 29.1 Å². The van der Waals surface area contributed by atoms with Crippen molar-refractivity contribution in [1.29, 1.82) is 5.26 Å². The van der Waals surface area contributed by atoms with Gasteiger partial charge in [-0.3, -0.25) is 9.78 Å². The molecule has 0 radical (unpaired) electrons. The number of hydrogen-bond donors (Lipinski definition) is 2. The molecule has 0 aliphatic rings. The van der Waals surface area contributed by atoms with Gasteiger partial charge in [0.15, 0.2) is 11.5 Å². The van der Waals surface area contributed by atoms with Crippen molar-refractivity contribution in [1.82, 2.24) is 4.98 Å². The number of methoxy groups -OCH3 is 1. The van der Waals surface area contributed by atoms with Crippen molar-refractivity contribution in [2.24, 2.45) is 5.73 Å². The Morgan fingerprint density at radius 3 is 2.61 bits per heavy atom. The molecule has 8 nitrogen and oxygen atoms in total. The number of nitrogens with zero attached hydrogens (tertiary/aromatic N) is 2. The summed E-state index contributed by atoms with van der Waals surface area (Å²) in [6, 6.07) is 19.6. The third-order valence-corrected chi connectivity index (χ3v) is 5.55. The van der Waals surface area contributed by atoms with Crippen LogP contribution in [-0.4, -0.2) is 30.5 Å². The minimum Gasteiger partial charge on any atom is -0.493 e. The molecule has 4 rings (SSSR count). The predicted molar refractivity (Wildman–Crippen MR) is 139 cm³/mol. The van der Waals surface area contributed by atoms with E-state index in [0.717, 1.165) is 5.69 Å². The Balaban J connectivity index is 1.61. The quantitative estimate of drug-likeness (QED) is 0.209. The second-order valence-electron chi connectivity index (χ2n) is 7.71. The van der Waals surface area contributed by atoms with Crippen LogP contribution < -0.4 is 25.3 Å². The number of ether oxygens (including phenoxy) is 3. The third kappa shape index (κ3) is 5.59. The van der Waals surface area contributed by atoms with Crippen LogP contribution in [0.5, 0.6) is 23.0 Å². The Morgan fingerprint density at radius 1 is 1.11 bits per heavy atom. The molecule has 0 saturated heterocycles. The Kier molecular flexibility index (Phi) is 7.73. The van der Waals surface area contributed by atoms with E-state index in [1.807, 2.05) is 12.1 Å². The maximum absolute atomic E-state index is 11.4. The number of hydrogen-bond acceptors (Lipinski definition) is 7. The predicted octanol–water partition coefficient (Wildman–Crippen LogP) is 5.76. The summed E-state index contributed by atoms with van der Waals surface area (Å²) in [4.78, 5) is 15.8. The molecule has 1 amide bonds. The van der Waals surface area contributed by atoms with E-state index in [0.29, 0.717) is 69.6 Å². The van der Waals surface area contributed by atoms with Crippen LogP contribution in [-0.2, 0) is 0 Å². The van der Waals surface area contributed by atoms with Crippen molar-refractivity contribution >= 4 is 39.8 Å². The van der Waals surface area contributed by atoms with Crippen molar-refractivity contribution in [3.05, 3.63) is 78.0 Å². The van der Waals surface area contributed by atoms with Gasteiger partial charge >= 0.3 is 0 Å². The molecule has 36 heavy (non-hydrogen) atoms. The number of carbonyl (C=O) groups excluding carboxylic acids is 1. The van der Waals surface area contributed by atoms with Crippen molar-refractivity contribution in [2.75, 3.05) is 24.9 Å². The topological polar surface area (TPSA) is 119 Å². The molecule has 0 aliphatic heterocycles. The molecule has 0 aliphatic carbocycles. The lowest BCUT2D eigenvalue weighted by atomic mass is 10.1. The van der Waals surface area contributed by atoms with E-state index in [4.69, 9.17) is 31.5 Å². The SMILES string of the molecule is COc1cc2c(Nc3ccc(Oc4cccc(C(N)=O)c4)cc3)c(C#N)cnc2cc1OCCCCl. The minimum atomic E-state index is -0.525. The molecule has 3 aromatic carbocycles. The van der Waals surface area contributed by atoms with Gasteiger partial charge in [-0.15, -0.1) is 11.6 Å². The molecule has 4 aromatic rings. The van der Waals surface area contributed by atoms with Gasteiger partial charge in [-0.2, -0.15) is 5.26 Å². The zero-order valence-electron chi connectivity index (χ0n) is 19.5. The van der Waals surface area contributed by atoms with Gasteiger partial charge < -0.3 is 25.3 Å². The molecular formula is C27H23ClN4O4. The number of fused-ring (bicyclic) bond motifs is 1. The zero-order valence-corrected chi connectivity index (χ0v) is 20.2. The van der Waals surface area contributed by atoms with Crippen LogP contribution in [0.1, 0.15) is 22.3 Å². The van der Waals surface area contributed by atoms with Crippen LogP contribution >= 0.6 is 11.6 Å². The molecule has 1 heterocycles. The van der Waals surface area contributed by atoms with Crippen molar-refractivity contribution < 1.29 is 19.0 Å². The number of rotatable bonds is 10. The van der Waals surface area contributed by atoms with Crippen LogP contribution in [0.15, 0.2) is 66.9 Å². The highest BCUT2D eigenvalue weighted by molar-refractivity contribution is 6.17. The van der Waals surface area contributed by atoms with E-state index in [1.54, 1.807) is 55.6 Å². The Bertz CT molecular complexity index is 1430. The van der Waals surface area contributed by atoms with Gasteiger partial charge in [-0.25, -0.2) is 0 Å². The number of aromatic nitrogens is 1. The lowest BCUT2D eigenvalue weighted by Gasteiger charge is -2.15. The van der Waals surface area contributed by atoms with E-state index < -0.39 is 5.91 Å². The second-order valence-corrected chi connectivity index (χ2v) is 8.09. The average molecular weight is 503 g/mol. The summed E-state index contributed by atoms with van der Waals surface area (Å²) in [6.45, 7) is 0.452. The molecule has 0 atom stereocenters. The smallest absolute Gasteiger partial charge is 0.248 e. The van der Waals surface area contributed by atoms with E-state index >= 15 is 0 Å². The number of nitrogens with one attached hydrogen (secondary N) is 1. The van der Waals surface area contributed by atoms with Crippen molar-refractivity contribution in [3.63, 3.8) is 0 Å². The third-order valence-electron chi connectivity index (χ3n) is 5.29. The highest BCUT2D eigenvalue weighted by atomic mass is 35.5. The Labute approximate surface area is 213 Å². The summed E-state index contributed by atoms with van der Waals surface area (Å²) in [5.41, 5.74) is 8.05. The van der Waals surface area contributed by atoms with Gasteiger partial charge in [0, 0.05) is 34.8 Å². The van der Waals surface area contributed by atoms with Crippen LogP contribution in [0.3, 0.4) is 0 Å². The summed E-state index contributed by atoms with van der Waals surface area (Å²) in [7, 11) is 1.56. The number of nitriles is 1. The highest BCUT2D eigenvalue weighted by Gasteiger charge is 2.15. The average Bonchev–Trinajstić information content (AvgIpc) is 2.90. The number of anilines is 2. The molecule has 182 valence electrons. The van der Waals surface area contributed by atoms with Gasteiger partial charge in [0.25, 0.3) is 0 Å². The summed E-state index contributed by atoms with van der Waals surface area (Å²) >= 11 is 5.75. The molecule has 0 unspecified atom stereocenters. The summed E-state index contributed by atoms with van der Waals surface area (Å²) in [5, 5.41) is 13.7. The Hall–Kier alpha value is -4.48. The normalized spacial score (nSPS) is 10.5. The minimum absolute atomic E-state index is 0.363. The molecule has 0 saturated carbocycles. The van der Waals surface area contributed by atoms with Crippen LogP contribution in [0.4, 0.5) is 11.4 Å². The molecular weight excluding hydrogens is 480 g/mol. The van der Waals surface area contributed by atoms with Crippen LogP contribution in [0.2, 0.25) is 0 Å². The second kappa shape index (κ2) is 11.3. The number of amides is 1. The van der Waals surface area contributed by atoms with Gasteiger partial charge in [-0.1, -0.05) is 6.07 Å². The number of primary amides is 1. The molecule has 0 spiro atoms. The molecule has 3 N–H and O–H groups in total. The standard InChI is InChI=1S/C27H23ClN4O4/c1-34-24-13-22-23(14-25(24)35-11-3-10-28)31-16-18(15-29)26(22)32-19-6-8-20(9-7-19)36-21-5-2-4-17(12-21)27(30)33/h2,4-9,12-14,16H,3,10-11H2,1H3,(H2,30,33)(H,31,32). The van der Waals surface area contributed by atoms with Gasteiger partial charge in [0.1, 0.15) is 17.6 Å². The Morgan fingerprint density at radius 2 is 1.92 bits per heavy atom. The number of alkyl halides is 1. The fourth-order valence-corrected chi connectivity index (χ4v) is 3.64. The molecule has 1 aromatic heterocycles. The van der Waals surface area contributed by atoms with E-state index in [9.17, 15) is 10.1 Å². The van der Waals surface area contributed by atoms with Gasteiger partial charge in [0.05, 0.1) is 30.5 Å². The first-order valence-electron chi connectivity index (χ1n) is 11.1. The number of carbonyl (C=O) groups is 1. The summed E-state index contributed by atoms with van der Waals surface area (Å²) < 4.78 is 17.2. The largest absolute Gasteiger partial charge is 0.493 e.